The van der Waals surface area contributed by atoms with E-state index in [1.54, 1.807) is 0 Å². The van der Waals surface area contributed by atoms with Gasteiger partial charge in [-0.3, -0.25) is 0 Å². The number of aliphatic hydroxyl groups is 1. The largest absolute Gasteiger partial charge is 0.491 e. The molecule has 156 valence electrons. The van der Waals surface area contributed by atoms with Crippen LogP contribution in [0.15, 0.2) is 89.7 Å². The summed E-state index contributed by atoms with van der Waals surface area (Å²) in [5.74, 6) is 0.0463. The van der Waals surface area contributed by atoms with E-state index in [4.69, 9.17) is 4.74 Å². The summed E-state index contributed by atoms with van der Waals surface area (Å²) in [7, 11) is 0. The molecule has 0 fully saturated rings. The summed E-state index contributed by atoms with van der Waals surface area (Å²) in [6.45, 7) is -0.178. The van der Waals surface area contributed by atoms with Gasteiger partial charge in [-0.2, -0.15) is 10.1 Å². The Morgan fingerprint density at radius 2 is 1.45 bits per heavy atom. The molecule has 0 bridgehead atoms. The lowest BCUT2D eigenvalue weighted by Gasteiger charge is -2.15. The van der Waals surface area contributed by atoms with Crippen molar-refractivity contribution in [2.24, 2.45) is 0 Å². The standard InChI is InChI=1S/C24H20FN3O3/c25-19-11-13-21(14-12-19)31-16-20(29)15-28-24(30)26-22(17-7-3-1-4-8-17)23(27-28)18-9-5-2-6-10-18/h1-14,20,29H,15-16H2/t20-/m1/s1. The van der Waals surface area contributed by atoms with E-state index >= 15 is 0 Å². The van der Waals surface area contributed by atoms with E-state index in [9.17, 15) is 14.3 Å². The molecule has 0 aliphatic carbocycles. The highest BCUT2D eigenvalue weighted by Gasteiger charge is 2.16. The molecule has 0 amide bonds. The van der Waals surface area contributed by atoms with Crippen molar-refractivity contribution in [1.29, 1.82) is 0 Å². The highest BCUT2D eigenvalue weighted by molar-refractivity contribution is 5.77. The predicted octanol–water partition coefficient (Wildman–Crippen LogP) is 3.55. The number of nitrogens with zero attached hydrogens (tertiary/aromatic N) is 3. The van der Waals surface area contributed by atoms with Gasteiger partial charge in [0.05, 0.1) is 6.54 Å². The summed E-state index contributed by atoms with van der Waals surface area (Å²) in [6.07, 6.45) is -1.01. The second kappa shape index (κ2) is 9.32. The van der Waals surface area contributed by atoms with Gasteiger partial charge >= 0.3 is 5.69 Å². The van der Waals surface area contributed by atoms with E-state index in [1.165, 1.54) is 24.3 Å². The number of rotatable bonds is 7. The molecule has 0 saturated carbocycles. The second-order valence-electron chi connectivity index (χ2n) is 6.92. The van der Waals surface area contributed by atoms with Gasteiger partial charge in [0.25, 0.3) is 0 Å². The van der Waals surface area contributed by atoms with E-state index in [2.05, 4.69) is 10.1 Å². The van der Waals surface area contributed by atoms with Gasteiger partial charge in [0, 0.05) is 11.1 Å². The zero-order valence-corrected chi connectivity index (χ0v) is 16.6. The monoisotopic (exact) mass is 417 g/mol. The first kappa shape index (κ1) is 20.4. The average molecular weight is 417 g/mol. The molecule has 0 saturated heterocycles. The summed E-state index contributed by atoms with van der Waals surface area (Å²) < 4.78 is 19.6. The van der Waals surface area contributed by atoms with E-state index in [0.717, 1.165) is 15.8 Å². The van der Waals surface area contributed by atoms with Crippen LogP contribution < -0.4 is 10.4 Å². The lowest BCUT2D eigenvalue weighted by Crippen LogP contribution is -2.34. The zero-order chi connectivity index (χ0) is 21.6. The van der Waals surface area contributed by atoms with Crippen LogP contribution in [0.25, 0.3) is 22.5 Å². The van der Waals surface area contributed by atoms with Crippen molar-refractivity contribution in [2.45, 2.75) is 12.6 Å². The zero-order valence-electron chi connectivity index (χ0n) is 16.6. The summed E-state index contributed by atoms with van der Waals surface area (Å²) in [6, 6.07) is 24.3. The van der Waals surface area contributed by atoms with Gasteiger partial charge < -0.3 is 9.84 Å². The van der Waals surface area contributed by atoms with Crippen molar-refractivity contribution in [3.63, 3.8) is 0 Å². The molecular formula is C24H20FN3O3. The van der Waals surface area contributed by atoms with Crippen molar-refractivity contribution in [2.75, 3.05) is 6.61 Å². The number of aliphatic hydroxyl groups excluding tert-OH is 1. The van der Waals surface area contributed by atoms with Gasteiger partial charge in [-0.25, -0.2) is 13.9 Å². The first-order valence-corrected chi connectivity index (χ1v) is 9.76. The third-order valence-electron chi connectivity index (χ3n) is 4.61. The summed E-state index contributed by atoms with van der Waals surface area (Å²) in [5.41, 5.74) is 2.03. The van der Waals surface area contributed by atoms with E-state index < -0.39 is 11.8 Å². The normalized spacial score (nSPS) is 11.8. The molecule has 4 aromatic rings. The lowest BCUT2D eigenvalue weighted by atomic mass is 10.0. The summed E-state index contributed by atoms with van der Waals surface area (Å²) in [5, 5.41) is 14.9. The average Bonchev–Trinajstić information content (AvgIpc) is 2.81. The topological polar surface area (TPSA) is 77.2 Å². The first-order valence-electron chi connectivity index (χ1n) is 9.76. The molecule has 0 radical (unpaired) electrons. The van der Waals surface area contributed by atoms with E-state index in [0.29, 0.717) is 17.1 Å². The maximum Gasteiger partial charge on any atom is 0.364 e. The number of hydrogen-bond acceptors (Lipinski definition) is 5. The van der Waals surface area contributed by atoms with Crippen molar-refractivity contribution < 1.29 is 14.2 Å². The molecule has 0 spiro atoms. The van der Waals surface area contributed by atoms with Crippen molar-refractivity contribution in [1.82, 2.24) is 14.8 Å². The highest BCUT2D eigenvalue weighted by atomic mass is 19.1. The number of halogens is 1. The Bertz CT molecular complexity index is 1200. The summed E-state index contributed by atoms with van der Waals surface area (Å²) in [4.78, 5) is 16.9. The van der Waals surface area contributed by atoms with Crippen molar-refractivity contribution in [3.8, 4) is 28.3 Å². The van der Waals surface area contributed by atoms with Gasteiger partial charge in [0.1, 0.15) is 35.7 Å². The minimum atomic E-state index is -1.01. The van der Waals surface area contributed by atoms with E-state index in [-0.39, 0.29) is 19.0 Å². The van der Waals surface area contributed by atoms with Crippen LogP contribution in [-0.2, 0) is 6.54 Å². The molecule has 1 heterocycles. The second-order valence-corrected chi connectivity index (χ2v) is 6.92. The minimum absolute atomic E-state index is 0.0825. The first-order chi connectivity index (χ1) is 15.1. The molecule has 4 rings (SSSR count). The lowest BCUT2D eigenvalue weighted by molar-refractivity contribution is 0.0876. The molecule has 31 heavy (non-hydrogen) atoms. The third-order valence-corrected chi connectivity index (χ3v) is 4.61. The fraction of sp³-hybridized carbons (Fsp3) is 0.125. The Morgan fingerprint density at radius 1 is 0.871 bits per heavy atom. The van der Waals surface area contributed by atoms with Crippen LogP contribution in [0.1, 0.15) is 0 Å². The Labute approximate surface area is 178 Å². The number of hydrogen-bond donors (Lipinski definition) is 1. The molecule has 7 heteroatoms. The SMILES string of the molecule is O=c1nc(-c2ccccc2)c(-c2ccccc2)nn1C[C@@H](O)COc1ccc(F)cc1. The Morgan fingerprint density at radius 3 is 2.06 bits per heavy atom. The molecule has 0 unspecified atom stereocenters. The van der Waals surface area contributed by atoms with Crippen LogP contribution in [-0.4, -0.2) is 32.6 Å². The van der Waals surface area contributed by atoms with Crippen LogP contribution in [0, 0.1) is 5.82 Å². The van der Waals surface area contributed by atoms with Gasteiger partial charge in [-0.15, -0.1) is 0 Å². The highest BCUT2D eigenvalue weighted by Crippen LogP contribution is 2.27. The van der Waals surface area contributed by atoms with Crippen LogP contribution in [0.5, 0.6) is 5.75 Å². The Kier molecular flexibility index (Phi) is 6.14. The molecule has 0 aliphatic rings. The molecule has 1 aromatic heterocycles. The van der Waals surface area contributed by atoms with Gasteiger partial charge in [0.15, 0.2) is 0 Å². The Hall–Kier alpha value is -3.84. The van der Waals surface area contributed by atoms with Crippen molar-refractivity contribution in [3.05, 3.63) is 101 Å². The predicted molar refractivity (Wildman–Crippen MR) is 115 cm³/mol. The number of benzene rings is 3. The van der Waals surface area contributed by atoms with Gasteiger partial charge in [0.2, 0.25) is 0 Å². The maximum atomic E-state index is 13.0. The van der Waals surface area contributed by atoms with Crippen molar-refractivity contribution >= 4 is 0 Å². The fourth-order valence-electron chi connectivity index (χ4n) is 3.10. The van der Waals surface area contributed by atoms with Crippen LogP contribution in [0.2, 0.25) is 0 Å². The van der Waals surface area contributed by atoms with Gasteiger partial charge in [-0.05, 0) is 24.3 Å². The van der Waals surface area contributed by atoms with Crippen LogP contribution >= 0.6 is 0 Å². The molecule has 1 N–H and O–H groups in total. The summed E-state index contributed by atoms with van der Waals surface area (Å²) >= 11 is 0. The minimum Gasteiger partial charge on any atom is -0.491 e. The quantitative estimate of drug-likeness (QED) is 0.498. The fourth-order valence-corrected chi connectivity index (χ4v) is 3.10. The number of aromatic nitrogens is 3. The van der Waals surface area contributed by atoms with Gasteiger partial charge in [-0.1, -0.05) is 60.7 Å². The van der Waals surface area contributed by atoms with E-state index in [1.807, 2.05) is 60.7 Å². The molecule has 0 aliphatic heterocycles. The third kappa shape index (κ3) is 5.02. The smallest absolute Gasteiger partial charge is 0.364 e. The van der Waals surface area contributed by atoms with Crippen LogP contribution in [0.4, 0.5) is 4.39 Å². The molecule has 6 nitrogen and oxygen atoms in total. The molecular weight excluding hydrogens is 397 g/mol. The maximum absolute atomic E-state index is 13.0. The molecule has 1 atom stereocenters. The number of ether oxygens (including phenoxy) is 1. The Balaban J connectivity index is 1.61. The van der Waals surface area contributed by atoms with Crippen LogP contribution in [0.3, 0.4) is 0 Å². The molecule has 3 aromatic carbocycles.